The molecule has 0 aromatic heterocycles. The van der Waals surface area contributed by atoms with Crippen molar-refractivity contribution in [3.05, 3.63) is 0 Å². The number of hydrogen-bond acceptors (Lipinski definition) is 3. The van der Waals surface area contributed by atoms with Crippen LogP contribution < -0.4 is 0 Å². The van der Waals surface area contributed by atoms with Gasteiger partial charge < -0.3 is 14.4 Å². The third-order valence-electron chi connectivity index (χ3n) is 3.61. The first kappa shape index (κ1) is 13.1. The molecule has 2 atom stereocenters. The van der Waals surface area contributed by atoms with E-state index in [1.807, 2.05) is 0 Å². The van der Waals surface area contributed by atoms with Crippen LogP contribution >= 0.6 is 0 Å². The fraction of sp³-hybridized carbons (Fsp3) is 0.769. The molecule has 0 aliphatic heterocycles. The summed E-state index contributed by atoms with van der Waals surface area (Å²) in [5.41, 5.74) is -0.425. The van der Waals surface area contributed by atoms with Gasteiger partial charge in [-0.05, 0) is 25.7 Å². The molecule has 0 N–H and O–H groups in total. The second kappa shape index (κ2) is 5.92. The molecule has 1 aliphatic carbocycles. The van der Waals surface area contributed by atoms with Crippen LogP contribution in [0.4, 0.5) is 0 Å². The van der Waals surface area contributed by atoms with Gasteiger partial charge in [0.05, 0.1) is 0 Å². The zero-order valence-electron chi connectivity index (χ0n) is 9.85. The van der Waals surface area contributed by atoms with Gasteiger partial charge in [0.25, 0.3) is 0 Å². The van der Waals surface area contributed by atoms with Gasteiger partial charge in [-0.3, -0.25) is 0 Å². The van der Waals surface area contributed by atoms with Gasteiger partial charge in [0, 0.05) is 17.3 Å². The Kier molecular flexibility index (Phi) is 4.84. The molecule has 0 aromatic carbocycles. The Hall–Kier alpha value is -0.990. The maximum absolute atomic E-state index is 11.3. The highest BCUT2D eigenvalue weighted by Crippen LogP contribution is 2.43. The molecule has 0 amide bonds. The average molecular weight is 224 g/mol. The highest BCUT2D eigenvalue weighted by atomic mass is 16.1. The van der Waals surface area contributed by atoms with Crippen LogP contribution in [0.2, 0.25) is 0 Å². The molecular formula is C13H20O3. The average Bonchev–Trinajstić information content (AvgIpc) is 2.35. The first-order valence-corrected chi connectivity index (χ1v) is 6.06. The van der Waals surface area contributed by atoms with Crippen LogP contribution in [0.5, 0.6) is 0 Å². The van der Waals surface area contributed by atoms with Crippen molar-refractivity contribution in [1.29, 1.82) is 0 Å². The largest absolute Gasteiger partial charge is 0.303 e. The second-order valence-electron chi connectivity index (χ2n) is 5.02. The molecule has 0 saturated heterocycles. The lowest BCUT2D eigenvalue weighted by molar-refractivity contribution is -0.125. The lowest BCUT2D eigenvalue weighted by atomic mass is 9.65. The fourth-order valence-corrected chi connectivity index (χ4v) is 2.78. The van der Waals surface area contributed by atoms with Crippen molar-refractivity contribution >= 4 is 18.9 Å². The van der Waals surface area contributed by atoms with Gasteiger partial charge >= 0.3 is 0 Å². The third-order valence-corrected chi connectivity index (χ3v) is 3.61. The van der Waals surface area contributed by atoms with E-state index in [2.05, 4.69) is 6.92 Å². The minimum Gasteiger partial charge on any atom is -0.303 e. The van der Waals surface area contributed by atoms with Crippen LogP contribution in [0.3, 0.4) is 0 Å². The summed E-state index contributed by atoms with van der Waals surface area (Å²) in [5.74, 6) is -0.239. The number of unbranched alkanes of at least 4 members (excludes halogenated alkanes) is 1. The van der Waals surface area contributed by atoms with E-state index in [9.17, 15) is 14.4 Å². The van der Waals surface area contributed by atoms with E-state index in [4.69, 9.17) is 0 Å². The fourth-order valence-electron chi connectivity index (χ4n) is 2.78. The lowest BCUT2D eigenvalue weighted by Gasteiger charge is -2.37. The van der Waals surface area contributed by atoms with Gasteiger partial charge in [-0.1, -0.05) is 19.8 Å². The Balaban J connectivity index is 2.76. The Labute approximate surface area is 96.6 Å². The summed E-state index contributed by atoms with van der Waals surface area (Å²) in [6.45, 7) is 2.08. The summed E-state index contributed by atoms with van der Waals surface area (Å²) >= 11 is 0. The third kappa shape index (κ3) is 3.00. The van der Waals surface area contributed by atoms with Gasteiger partial charge in [-0.15, -0.1) is 0 Å². The van der Waals surface area contributed by atoms with Gasteiger partial charge in [0.2, 0.25) is 0 Å². The Morgan fingerprint density at radius 3 is 2.06 bits per heavy atom. The summed E-state index contributed by atoms with van der Waals surface area (Å²) in [6.07, 6.45) is 7.49. The predicted octanol–water partition coefficient (Wildman–Crippen LogP) is 2.18. The highest BCUT2D eigenvalue weighted by Gasteiger charge is 2.39. The standard InChI is InChI=1S/C13H20O3/c1-2-3-4-13(10-16)6-11(8-14)5-12(7-13)9-15/h8-12H,2-7H2,1H3. The Bertz CT molecular complexity index is 244. The van der Waals surface area contributed by atoms with Gasteiger partial charge in [0.1, 0.15) is 18.9 Å². The normalized spacial score (nSPS) is 34.3. The molecule has 3 heteroatoms. The van der Waals surface area contributed by atoms with Crippen molar-refractivity contribution in [3.8, 4) is 0 Å². The topological polar surface area (TPSA) is 51.2 Å². The number of aldehydes is 3. The minimum atomic E-state index is -0.425. The number of carbonyl (C=O) groups excluding carboxylic acids is 3. The van der Waals surface area contributed by atoms with Crippen LogP contribution in [0.25, 0.3) is 0 Å². The number of rotatable bonds is 6. The van der Waals surface area contributed by atoms with Crippen molar-refractivity contribution in [1.82, 2.24) is 0 Å². The van der Waals surface area contributed by atoms with E-state index < -0.39 is 5.41 Å². The molecule has 0 heterocycles. The zero-order valence-corrected chi connectivity index (χ0v) is 9.85. The van der Waals surface area contributed by atoms with E-state index in [1.165, 1.54) is 0 Å². The van der Waals surface area contributed by atoms with Crippen molar-refractivity contribution in [3.63, 3.8) is 0 Å². The molecule has 1 aliphatic rings. The predicted molar refractivity (Wildman–Crippen MR) is 61.0 cm³/mol. The van der Waals surface area contributed by atoms with Gasteiger partial charge in [0.15, 0.2) is 0 Å². The molecule has 2 unspecified atom stereocenters. The molecule has 0 aromatic rings. The summed E-state index contributed by atoms with van der Waals surface area (Å²) in [5, 5.41) is 0. The van der Waals surface area contributed by atoms with E-state index in [1.54, 1.807) is 0 Å². The van der Waals surface area contributed by atoms with E-state index in [0.717, 1.165) is 38.1 Å². The Morgan fingerprint density at radius 1 is 1.12 bits per heavy atom. The van der Waals surface area contributed by atoms with Crippen LogP contribution in [-0.4, -0.2) is 18.9 Å². The van der Waals surface area contributed by atoms with Crippen molar-refractivity contribution < 1.29 is 14.4 Å². The molecule has 0 bridgehead atoms. The summed E-state index contributed by atoms with van der Waals surface area (Å²) in [6, 6.07) is 0. The van der Waals surface area contributed by atoms with Crippen molar-refractivity contribution in [2.75, 3.05) is 0 Å². The molecule has 0 spiro atoms. The first-order chi connectivity index (χ1) is 7.69. The van der Waals surface area contributed by atoms with Crippen LogP contribution in [0, 0.1) is 17.3 Å². The van der Waals surface area contributed by atoms with Crippen LogP contribution in [0.1, 0.15) is 45.4 Å². The molecular weight excluding hydrogens is 204 g/mol. The zero-order chi connectivity index (χ0) is 12.0. The maximum atomic E-state index is 11.3. The summed E-state index contributed by atoms with van der Waals surface area (Å²) in [4.78, 5) is 33.0. The molecule has 1 fully saturated rings. The summed E-state index contributed by atoms with van der Waals surface area (Å²) < 4.78 is 0. The van der Waals surface area contributed by atoms with E-state index in [0.29, 0.717) is 19.3 Å². The minimum absolute atomic E-state index is 0.119. The smallest absolute Gasteiger partial charge is 0.126 e. The molecule has 1 saturated carbocycles. The number of hydrogen-bond donors (Lipinski definition) is 0. The van der Waals surface area contributed by atoms with Gasteiger partial charge in [-0.2, -0.15) is 0 Å². The SMILES string of the molecule is CCCCC1(C=O)CC(C=O)CC(C=O)C1. The maximum Gasteiger partial charge on any atom is 0.126 e. The second-order valence-corrected chi connectivity index (χ2v) is 5.02. The molecule has 0 radical (unpaired) electrons. The van der Waals surface area contributed by atoms with Crippen LogP contribution in [-0.2, 0) is 14.4 Å². The molecule has 16 heavy (non-hydrogen) atoms. The first-order valence-electron chi connectivity index (χ1n) is 6.06. The molecule has 3 nitrogen and oxygen atoms in total. The quantitative estimate of drug-likeness (QED) is 0.650. The van der Waals surface area contributed by atoms with Gasteiger partial charge in [-0.25, -0.2) is 0 Å². The number of carbonyl (C=O) groups is 3. The van der Waals surface area contributed by atoms with Crippen molar-refractivity contribution in [2.45, 2.75) is 45.4 Å². The monoisotopic (exact) mass is 224 g/mol. The van der Waals surface area contributed by atoms with E-state index in [-0.39, 0.29) is 11.8 Å². The highest BCUT2D eigenvalue weighted by molar-refractivity contribution is 5.66. The summed E-state index contributed by atoms with van der Waals surface area (Å²) in [7, 11) is 0. The van der Waals surface area contributed by atoms with Crippen LogP contribution in [0.15, 0.2) is 0 Å². The Morgan fingerprint density at radius 2 is 1.69 bits per heavy atom. The van der Waals surface area contributed by atoms with E-state index >= 15 is 0 Å². The molecule has 1 rings (SSSR count). The molecule has 90 valence electrons. The van der Waals surface area contributed by atoms with Crippen molar-refractivity contribution in [2.24, 2.45) is 17.3 Å². The lowest BCUT2D eigenvalue weighted by Crippen LogP contribution is -2.36.